The summed E-state index contributed by atoms with van der Waals surface area (Å²) < 4.78 is 0. The van der Waals surface area contributed by atoms with Gasteiger partial charge in [0.05, 0.1) is 16.2 Å². The van der Waals surface area contributed by atoms with Gasteiger partial charge in [-0.05, 0) is 50.5 Å². The van der Waals surface area contributed by atoms with E-state index in [-0.39, 0.29) is 17.1 Å². The zero-order valence-electron chi connectivity index (χ0n) is 16.7. The van der Waals surface area contributed by atoms with Gasteiger partial charge in [-0.25, -0.2) is 4.90 Å². The molecule has 0 aromatic heterocycles. The van der Waals surface area contributed by atoms with Crippen LogP contribution in [0.25, 0.3) is 5.57 Å². The number of carbonyl (C=O) groups is 2. The molecule has 2 amide bonds. The van der Waals surface area contributed by atoms with Crippen LogP contribution in [0.4, 0.5) is 5.69 Å². The van der Waals surface area contributed by atoms with E-state index in [0.717, 1.165) is 27.8 Å². The predicted molar refractivity (Wildman–Crippen MR) is 114 cm³/mol. The molecule has 0 aliphatic carbocycles. The van der Waals surface area contributed by atoms with Crippen LogP contribution in [-0.2, 0) is 9.59 Å². The molecular weight excluding hydrogens is 354 g/mol. The third-order valence-electron chi connectivity index (χ3n) is 4.64. The number of hydrogen-bond donors (Lipinski definition) is 0. The molecule has 2 aromatic carbocycles. The monoisotopic (exact) mass is 379 g/mol. The fraction of sp³-hybridized carbons (Fsp3) is 0.304. The number of carbonyl (C=O) groups excluding carboxylic acids is 2. The molecule has 1 aliphatic rings. The van der Waals surface area contributed by atoms with Crippen LogP contribution >= 0.6 is 11.8 Å². The van der Waals surface area contributed by atoms with Crippen molar-refractivity contribution < 1.29 is 9.59 Å². The molecule has 2 aromatic rings. The van der Waals surface area contributed by atoms with Crippen molar-refractivity contribution in [3.05, 3.63) is 69.1 Å². The Balaban J connectivity index is 2.17. The summed E-state index contributed by atoms with van der Waals surface area (Å²) in [7, 11) is 0. The minimum absolute atomic E-state index is 0.205. The van der Waals surface area contributed by atoms with Gasteiger partial charge in [-0.15, -0.1) is 11.8 Å². The highest BCUT2D eigenvalue weighted by molar-refractivity contribution is 8.04. The van der Waals surface area contributed by atoms with Crippen LogP contribution in [0, 0.1) is 27.7 Å². The smallest absolute Gasteiger partial charge is 0.268 e. The van der Waals surface area contributed by atoms with Crippen LogP contribution in [0.3, 0.4) is 0 Å². The highest BCUT2D eigenvalue weighted by atomic mass is 32.2. The first-order valence-electron chi connectivity index (χ1n) is 9.15. The third kappa shape index (κ3) is 3.59. The van der Waals surface area contributed by atoms with Crippen molar-refractivity contribution in [1.29, 1.82) is 0 Å². The second kappa shape index (κ2) is 7.35. The van der Waals surface area contributed by atoms with Crippen molar-refractivity contribution in [2.75, 3.05) is 4.90 Å². The molecule has 0 fully saturated rings. The molecule has 0 atom stereocenters. The molecule has 0 spiro atoms. The average Bonchev–Trinajstić information content (AvgIpc) is 2.79. The number of thioether (sulfide) groups is 1. The quantitative estimate of drug-likeness (QED) is 0.672. The number of rotatable bonds is 4. The van der Waals surface area contributed by atoms with Crippen molar-refractivity contribution in [3.63, 3.8) is 0 Å². The summed E-state index contributed by atoms with van der Waals surface area (Å²) >= 11 is 1.46. The summed E-state index contributed by atoms with van der Waals surface area (Å²) in [6.45, 7) is 12.0. The molecule has 4 heteroatoms. The van der Waals surface area contributed by atoms with E-state index in [4.69, 9.17) is 0 Å². The van der Waals surface area contributed by atoms with Crippen LogP contribution in [-0.4, -0.2) is 17.1 Å². The molecule has 1 aliphatic heterocycles. The van der Waals surface area contributed by atoms with Gasteiger partial charge >= 0.3 is 0 Å². The Bertz CT molecular complexity index is 972. The lowest BCUT2D eigenvalue weighted by Crippen LogP contribution is -2.32. The predicted octanol–water partition coefficient (Wildman–Crippen LogP) is 5.35. The molecule has 0 bridgehead atoms. The molecule has 0 saturated heterocycles. The lowest BCUT2D eigenvalue weighted by molar-refractivity contribution is -0.119. The molecule has 3 rings (SSSR count). The normalized spacial score (nSPS) is 14.7. The van der Waals surface area contributed by atoms with Gasteiger partial charge in [-0.2, -0.15) is 0 Å². The van der Waals surface area contributed by atoms with Gasteiger partial charge < -0.3 is 0 Å². The molecule has 3 nitrogen and oxygen atoms in total. The van der Waals surface area contributed by atoms with Gasteiger partial charge in [0.25, 0.3) is 11.8 Å². The number of benzene rings is 2. The fourth-order valence-electron chi connectivity index (χ4n) is 3.46. The molecule has 27 heavy (non-hydrogen) atoms. The van der Waals surface area contributed by atoms with E-state index in [1.807, 2.05) is 71.9 Å². The Morgan fingerprint density at radius 1 is 0.815 bits per heavy atom. The highest BCUT2D eigenvalue weighted by Gasteiger charge is 2.41. The van der Waals surface area contributed by atoms with Gasteiger partial charge in [-0.1, -0.05) is 55.3 Å². The maximum absolute atomic E-state index is 13.4. The van der Waals surface area contributed by atoms with Crippen molar-refractivity contribution in [2.24, 2.45) is 0 Å². The van der Waals surface area contributed by atoms with Gasteiger partial charge in [0.1, 0.15) is 0 Å². The largest absolute Gasteiger partial charge is 0.272 e. The first kappa shape index (κ1) is 19.4. The number of amides is 2. The third-order valence-corrected chi connectivity index (χ3v) is 5.73. The van der Waals surface area contributed by atoms with Crippen LogP contribution in [0.2, 0.25) is 0 Å². The summed E-state index contributed by atoms with van der Waals surface area (Å²) in [5.74, 6) is -0.456. The van der Waals surface area contributed by atoms with E-state index >= 15 is 0 Å². The van der Waals surface area contributed by atoms with Gasteiger partial charge in [0, 0.05) is 5.25 Å². The van der Waals surface area contributed by atoms with Crippen molar-refractivity contribution in [3.8, 4) is 0 Å². The van der Waals surface area contributed by atoms with Gasteiger partial charge in [0.15, 0.2) is 0 Å². The average molecular weight is 380 g/mol. The van der Waals surface area contributed by atoms with Crippen molar-refractivity contribution >= 4 is 34.8 Å². The molecule has 0 unspecified atom stereocenters. The van der Waals surface area contributed by atoms with Crippen LogP contribution in [0.1, 0.15) is 41.7 Å². The lowest BCUT2D eigenvalue weighted by Gasteiger charge is -2.18. The summed E-state index contributed by atoms with van der Waals surface area (Å²) in [5, 5.41) is 0.205. The summed E-state index contributed by atoms with van der Waals surface area (Å²) in [5.41, 5.74) is 6.21. The molecule has 140 valence electrons. The maximum Gasteiger partial charge on any atom is 0.272 e. The molecule has 0 saturated carbocycles. The minimum Gasteiger partial charge on any atom is -0.268 e. The van der Waals surface area contributed by atoms with Gasteiger partial charge in [-0.3, -0.25) is 9.59 Å². The van der Waals surface area contributed by atoms with E-state index < -0.39 is 0 Å². The fourth-order valence-corrected chi connectivity index (χ4v) is 4.44. The van der Waals surface area contributed by atoms with E-state index in [1.165, 1.54) is 16.7 Å². The molecule has 0 radical (unpaired) electrons. The molecule has 0 N–H and O–H groups in total. The Labute approximate surface area is 165 Å². The Morgan fingerprint density at radius 2 is 1.41 bits per heavy atom. The van der Waals surface area contributed by atoms with Crippen molar-refractivity contribution in [1.82, 2.24) is 0 Å². The molecular formula is C23H25NO2S. The molecule has 1 heterocycles. The lowest BCUT2D eigenvalue weighted by atomic mass is 9.98. The van der Waals surface area contributed by atoms with E-state index in [0.29, 0.717) is 16.2 Å². The maximum atomic E-state index is 13.4. The number of imide groups is 1. The first-order valence-corrected chi connectivity index (χ1v) is 10.0. The van der Waals surface area contributed by atoms with Crippen molar-refractivity contribution in [2.45, 2.75) is 46.8 Å². The summed E-state index contributed by atoms with van der Waals surface area (Å²) in [6, 6.07) is 11.8. The number of aryl methyl sites for hydroxylation is 4. The van der Waals surface area contributed by atoms with Crippen LogP contribution in [0.15, 0.2) is 41.3 Å². The Kier molecular flexibility index (Phi) is 5.29. The topological polar surface area (TPSA) is 37.4 Å². The summed E-state index contributed by atoms with van der Waals surface area (Å²) in [4.78, 5) is 28.6. The Hall–Kier alpha value is -2.33. The first-order chi connectivity index (χ1) is 12.7. The van der Waals surface area contributed by atoms with Crippen LogP contribution in [0.5, 0.6) is 0 Å². The SMILES string of the molecule is Cc1ccc(C2=C(SC(C)C)C(=O)N(c3ccc(C)cc3C)C2=O)c(C)c1. The second-order valence-electron chi connectivity index (χ2n) is 7.42. The number of hydrogen-bond acceptors (Lipinski definition) is 3. The number of anilines is 1. The zero-order chi connectivity index (χ0) is 19.9. The highest BCUT2D eigenvalue weighted by Crippen LogP contribution is 2.41. The second-order valence-corrected chi connectivity index (χ2v) is 9.01. The standard InChI is InChI=1S/C23H25NO2S/c1-13(2)27-21-20(18-9-7-14(3)11-16(18)5)22(25)24(23(21)26)19-10-8-15(4)12-17(19)6/h7-13H,1-6H3. The minimum atomic E-state index is -0.234. The van der Waals surface area contributed by atoms with Gasteiger partial charge in [0.2, 0.25) is 0 Å². The summed E-state index contributed by atoms with van der Waals surface area (Å²) in [6.07, 6.45) is 0. The Morgan fingerprint density at radius 3 is 1.96 bits per heavy atom. The van der Waals surface area contributed by atoms with E-state index in [2.05, 4.69) is 6.07 Å². The van der Waals surface area contributed by atoms with Crippen LogP contribution < -0.4 is 4.90 Å². The number of nitrogens with zero attached hydrogens (tertiary/aromatic N) is 1. The zero-order valence-corrected chi connectivity index (χ0v) is 17.5. The van der Waals surface area contributed by atoms with E-state index in [9.17, 15) is 9.59 Å². The van der Waals surface area contributed by atoms with E-state index in [1.54, 1.807) is 0 Å².